The Morgan fingerprint density at radius 1 is 1.45 bits per heavy atom. The fraction of sp³-hybridized carbons (Fsp3) is 0.333. The van der Waals surface area contributed by atoms with Gasteiger partial charge in [-0.2, -0.15) is 0 Å². The second kappa shape index (κ2) is 5.29. The number of hydrogen-bond acceptors (Lipinski definition) is 3. The zero-order valence-electron chi connectivity index (χ0n) is 11.2. The summed E-state index contributed by atoms with van der Waals surface area (Å²) < 4.78 is 5.08. The van der Waals surface area contributed by atoms with Crippen molar-refractivity contribution < 1.29 is 9.32 Å². The molecule has 2 heterocycles. The van der Waals surface area contributed by atoms with Crippen LogP contribution in [-0.4, -0.2) is 22.5 Å². The largest absolute Gasteiger partial charge is 0.351 e. The highest BCUT2D eigenvalue weighted by atomic mass is 35.5. The quantitative estimate of drug-likeness (QED) is 0.849. The number of benzene rings is 1. The van der Waals surface area contributed by atoms with E-state index in [2.05, 4.69) is 5.16 Å². The summed E-state index contributed by atoms with van der Waals surface area (Å²) in [6.07, 6.45) is 1.89. The molecule has 1 atom stereocenters. The highest BCUT2D eigenvalue weighted by Gasteiger charge is 2.33. The van der Waals surface area contributed by atoms with Gasteiger partial charge in [0.2, 0.25) is 5.76 Å². The topological polar surface area (TPSA) is 46.3 Å². The third-order valence-electron chi connectivity index (χ3n) is 3.62. The number of likely N-dealkylation sites (tertiary alicyclic amines) is 1. The number of rotatable bonds is 2. The van der Waals surface area contributed by atoms with E-state index in [1.165, 1.54) is 0 Å². The van der Waals surface area contributed by atoms with Gasteiger partial charge in [0.25, 0.3) is 5.91 Å². The average Bonchev–Trinajstić information content (AvgIpc) is 3.07. The van der Waals surface area contributed by atoms with E-state index in [1.54, 1.807) is 13.0 Å². The molecule has 0 aliphatic carbocycles. The van der Waals surface area contributed by atoms with Crippen molar-refractivity contribution in [1.82, 2.24) is 10.1 Å². The number of nitrogens with zero attached hydrogens (tertiary/aromatic N) is 2. The summed E-state index contributed by atoms with van der Waals surface area (Å²) in [6, 6.07) is 9.36. The first-order valence-electron chi connectivity index (χ1n) is 6.65. The van der Waals surface area contributed by atoms with Crippen molar-refractivity contribution in [3.8, 4) is 0 Å². The maximum atomic E-state index is 12.5. The van der Waals surface area contributed by atoms with Crippen LogP contribution in [0.4, 0.5) is 0 Å². The lowest BCUT2D eigenvalue weighted by molar-refractivity contribution is 0.0693. The zero-order chi connectivity index (χ0) is 14.1. The minimum atomic E-state index is -0.118. The molecule has 5 heteroatoms. The Balaban J connectivity index is 1.90. The second-order valence-corrected chi connectivity index (χ2v) is 5.42. The van der Waals surface area contributed by atoms with Gasteiger partial charge in [-0.05, 0) is 31.4 Å². The molecule has 1 aliphatic rings. The molecule has 1 aliphatic heterocycles. The molecular formula is C15H15ClN2O2. The summed E-state index contributed by atoms with van der Waals surface area (Å²) in [7, 11) is 0. The minimum absolute atomic E-state index is 0.0154. The molecule has 1 aromatic heterocycles. The lowest BCUT2D eigenvalue weighted by Crippen LogP contribution is -2.30. The van der Waals surface area contributed by atoms with Gasteiger partial charge in [-0.1, -0.05) is 35.0 Å². The van der Waals surface area contributed by atoms with Crippen LogP contribution in [-0.2, 0) is 0 Å². The molecule has 0 saturated carbocycles. The molecule has 1 fully saturated rings. The third-order valence-corrected chi connectivity index (χ3v) is 3.96. The first-order chi connectivity index (χ1) is 9.66. The van der Waals surface area contributed by atoms with E-state index in [9.17, 15) is 4.79 Å². The van der Waals surface area contributed by atoms with Crippen LogP contribution in [0.3, 0.4) is 0 Å². The van der Waals surface area contributed by atoms with Crippen molar-refractivity contribution in [2.24, 2.45) is 0 Å². The van der Waals surface area contributed by atoms with Crippen molar-refractivity contribution in [1.29, 1.82) is 0 Å². The van der Waals surface area contributed by atoms with Gasteiger partial charge in [-0.25, -0.2) is 0 Å². The lowest BCUT2D eigenvalue weighted by Gasteiger charge is -2.24. The molecule has 104 valence electrons. The predicted octanol–water partition coefficient (Wildman–Crippen LogP) is 3.61. The Bertz CT molecular complexity index is 638. The number of amides is 1. The molecule has 0 N–H and O–H groups in total. The van der Waals surface area contributed by atoms with Crippen LogP contribution >= 0.6 is 11.6 Å². The summed E-state index contributed by atoms with van der Waals surface area (Å²) in [5.74, 6) is 0.175. The molecule has 1 aromatic carbocycles. The highest BCUT2D eigenvalue weighted by molar-refractivity contribution is 6.31. The zero-order valence-corrected chi connectivity index (χ0v) is 11.9. The molecule has 1 saturated heterocycles. The summed E-state index contributed by atoms with van der Waals surface area (Å²) in [5.41, 5.74) is 1.71. The van der Waals surface area contributed by atoms with Crippen LogP contribution in [0.15, 0.2) is 34.9 Å². The van der Waals surface area contributed by atoms with Crippen molar-refractivity contribution in [3.05, 3.63) is 52.4 Å². The van der Waals surface area contributed by atoms with Crippen LogP contribution < -0.4 is 0 Å². The maximum absolute atomic E-state index is 12.5. The van der Waals surface area contributed by atoms with Crippen LogP contribution in [0.2, 0.25) is 5.02 Å². The summed E-state index contributed by atoms with van der Waals surface area (Å²) in [5, 5.41) is 4.48. The number of carbonyl (C=O) groups is 1. The van der Waals surface area contributed by atoms with Crippen LogP contribution in [0.5, 0.6) is 0 Å². The predicted molar refractivity (Wildman–Crippen MR) is 75.7 cm³/mol. The van der Waals surface area contributed by atoms with E-state index in [4.69, 9.17) is 16.1 Å². The Morgan fingerprint density at radius 3 is 2.95 bits per heavy atom. The molecule has 1 amide bonds. The molecule has 2 aromatic rings. The van der Waals surface area contributed by atoms with Gasteiger partial charge in [-0.15, -0.1) is 0 Å². The van der Waals surface area contributed by atoms with E-state index in [1.807, 2.05) is 29.2 Å². The maximum Gasteiger partial charge on any atom is 0.292 e. The molecule has 20 heavy (non-hydrogen) atoms. The second-order valence-electron chi connectivity index (χ2n) is 5.01. The molecule has 1 unspecified atom stereocenters. The lowest BCUT2D eigenvalue weighted by atomic mass is 10.0. The summed E-state index contributed by atoms with van der Waals surface area (Å²) in [6.45, 7) is 2.52. The van der Waals surface area contributed by atoms with Crippen LogP contribution in [0, 0.1) is 6.92 Å². The standard InChI is InChI=1S/C15H15ClN2O2/c1-10-9-14(20-17-10)15(19)18-8-4-7-13(18)11-5-2-3-6-12(11)16/h2-3,5-6,9,13H,4,7-8H2,1H3. The summed E-state index contributed by atoms with van der Waals surface area (Å²) in [4.78, 5) is 14.3. The van der Waals surface area contributed by atoms with E-state index < -0.39 is 0 Å². The first-order valence-corrected chi connectivity index (χ1v) is 7.03. The van der Waals surface area contributed by atoms with Gasteiger partial charge in [0.15, 0.2) is 0 Å². The Hall–Kier alpha value is -1.81. The van der Waals surface area contributed by atoms with Gasteiger partial charge in [-0.3, -0.25) is 4.79 Å². The molecule has 3 rings (SSSR count). The SMILES string of the molecule is Cc1cc(C(=O)N2CCCC2c2ccccc2Cl)on1. The normalized spacial score (nSPS) is 18.5. The number of aromatic nitrogens is 1. The van der Waals surface area contributed by atoms with E-state index in [0.29, 0.717) is 23.0 Å². The molecule has 0 bridgehead atoms. The highest BCUT2D eigenvalue weighted by Crippen LogP contribution is 2.36. The number of aryl methyl sites for hydroxylation is 1. The first kappa shape index (κ1) is 13.2. The average molecular weight is 291 g/mol. The number of hydrogen-bond donors (Lipinski definition) is 0. The van der Waals surface area contributed by atoms with Gasteiger partial charge in [0, 0.05) is 17.6 Å². The smallest absolute Gasteiger partial charge is 0.292 e. The Labute approximate surface area is 122 Å². The van der Waals surface area contributed by atoms with Gasteiger partial charge in [0.1, 0.15) is 0 Å². The number of halogens is 1. The van der Waals surface area contributed by atoms with Crippen LogP contribution in [0.25, 0.3) is 0 Å². The van der Waals surface area contributed by atoms with Gasteiger partial charge in [0.05, 0.1) is 11.7 Å². The van der Waals surface area contributed by atoms with Gasteiger partial charge >= 0.3 is 0 Å². The summed E-state index contributed by atoms with van der Waals surface area (Å²) >= 11 is 6.25. The van der Waals surface area contributed by atoms with Crippen molar-refractivity contribution >= 4 is 17.5 Å². The molecule has 4 nitrogen and oxygen atoms in total. The van der Waals surface area contributed by atoms with Crippen molar-refractivity contribution in [2.75, 3.05) is 6.54 Å². The Morgan fingerprint density at radius 2 is 2.25 bits per heavy atom. The van der Waals surface area contributed by atoms with Crippen LogP contribution in [0.1, 0.15) is 40.7 Å². The van der Waals surface area contributed by atoms with E-state index in [0.717, 1.165) is 18.4 Å². The Kier molecular flexibility index (Phi) is 3.49. The van der Waals surface area contributed by atoms with E-state index >= 15 is 0 Å². The fourth-order valence-corrected chi connectivity index (χ4v) is 2.95. The minimum Gasteiger partial charge on any atom is -0.351 e. The third kappa shape index (κ3) is 2.31. The van der Waals surface area contributed by atoms with Gasteiger partial charge < -0.3 is 9.42 Å². The monoisotopic (exact) mass is 290 g/mol. The van der Waals surface area contributed by atoms with E-state index in [-0.39, 0.29) is 11.9 Å². The molecule has 0 radical (unpaired) electrons. The van der Waals surface area contributed by atoms with Crippen molar-refractivity contribution in [2.45, 2.75) is 25.8 Å². The molecular weight excluding hydrogens is 276 g/mol. The fourth-order valence-electron chi connectivity index (χ4n) is 2.68. The molecule has 0 spiro atoms. The number of carbonyl (C=O) groups excluding carboxylic acids is 1. The van der Waals surface area contributed by atoms with Crippen molar-refractivity contribution in [3.63, 3.8) is 0 Å².